The molecule has 5 heteroatoms. The Balaban J connectivity index is 1.80. The van der Waals surface area contributed by atoms with Crippen LogP contribution in [0.2, 0.25) is 0 Å². The number of carbonyl (C=O) groups is 1. The standard InChI is InChI=1S/C12H14FN3O/c13-10-7-14-4-3-11(10)15-5-6-16-9(8-15)1-2-12(16)17/h3-4,7,9H,1-2,5-6,8H2/t9-/m0/s1. The highest BCUT2D eigenvalue weighted by Crippen LogP contribution is 2.27. The number of halogens is 1. The zero-order valence-corrected chi connectivity index (χ0v) is 9.47. The number of anilines is 1. The fourth-order valence-corrected chi connectivity index (χ4v) is 2.71. The molecule has 0 unspecified atom stereocenters. The first-order valence-electron chi connectivity index (χ1n) is 5.89. The van der Waals surface area contributed by atoms with Gasteiger partial charge in [-0.15, -0.1) is 0 Å². The Morgan fingerprint density at radius 3 is 3.12 bits per heavy atom. The first kappa shape index (κ1) is 10.5. The van der Waals surface area contributed by atoms with Gasteiger partial charge < -0.3 is 9.80 Å². The maximum Gasteiger partial charge on any atom is 0.223 e. The maximum atomic E-state index is 13.6. The topological polar surface area (TPSA) is 36.4 Å². The Morgan fingerprint density at radius 2 is 2.29 bits per heavy atom. The first-order valence-corrected chi connectivity index (χ1v) is 5.89. The van der Waals surface area contributed by atoms with Crippen LogP contribution in [-0.4, -0.2) is 41.5 Å². The van der Waals surface area contributed by atoms with Crippen LogP contribution >= 0.6 is 0 Å². The van der Waals surface area contributed by atoms with E-state index < -0.39 is 0 Å². The van der Waals surface area contributed by atoms with Crippen LogP contribution in [0.5, 0.6) is 0 Å². The number of carbonyl (C=O) groups excluding carboxylic acids is 1. The third-order valence-electron chi connectivity index (χ3n) is 3.59. The molecule has 0 bridgehead atoms. The van der Waals surface area contributed by atoms with E-state index in [-0.39, 0.29) is 17.8 Å². The van der Waals surface area contributed by atoms with E-state index in [1.54, 1.807) is 12.3 Å². The van der Waals surface area contributed by atoms with E-state index in [1.165, 1.54) is 6.20 Å². The monoisotopic (exact) mass is 235 g/mol. The lowest BCUT2D eigenvalue weighted by atomic mass is 10.1. The highest BCUT2D eigenvalue weighted by atomic mass is 19.1. The third-order valence-corrected chi connectivity index (χ3v) is 3.59. The molecule has 0 aliphatic carbocycles. The van der Waals surface area contributed by atoms with E-state index in [1.807, 2.05) is 9.80 Å². The van der Waals surface area contributed by atoms with Crippen LogP contribution in [0.4, 0.5) is 10.1 Å². The first-order chi connectivity index (χ1) is 8.25. The van der Waals surface area contributed by atoms with E-state index in [2.05, 4.69) is 4.98 Å². The van der Waals surface area contributed by atoms with Crippen molar-refractivity contribution < 1.29 is 9.18 Å². The summed E-state index contributed by atoms with van der Waals surface area (Å²) in [5.74, 6) is -0.0462. The van der Waals surface area contributed by atoms with E-state index in [0.29, 0.717) is 25.2 Å². The zero-order valence-electron chi connectivity index (χ0n) is 9.47. The summed E-state index contributed by atoms with van der Waals surface area (Å²) in [6, 6.07) is 1.95. The Hall–Kier alpha value is -1.65. The summed E-state index contributed by atoms with van der Waals surface area (Å²) >= 11 is 0. The summed E-state index contributed by atoms with van der Waals surface area (Å²) in [6.45, 7) is 2.13. The normalized spacial score (nSPS) is 24.1. The third kappa shape index (κ3) is 1.75. The van der Waals surface area contributed by atoms with Gasteiger partial charge in [0.2, 0.25) is 5.91 Å². The van der Waals surface area contributed by atoms with Crippen molar-refractivity contribution in [3.8, 4) is 0 Å². The summed E-state index contributed by atoms with van der Waals surface area (Å²) in [5.41, 5.74) is 0.596. The minimum absolute atomic E-state index is 0.241. The Bertz CT molecular complexity index is 451. The predicted octanol–water partition coefficient (Wildman–Crippen LogP) is 1.03. The van der Waals surface area contributed by atoms with Crippen LogP contribution in [0.1, 0.15) is 12.8 Å². The van der Waals surface area contributed by atoms with E-state index in [0.717, 1.165) is 13.0 Å². The minimum Gasteiger partial charge on any atom is -0.365 e. The number of pyridine rings is 1. The molecule has 1 atom stereocenters. The van der Waals surface area contributed by atoms with Gasteiger partial charge in [0.1, 0.15) is 0 Å². The minimum atomic E-state index is -0.287. The van der Waals surface area contributed by atoms with Gasteiger partial charge in [0, 0.05) is 38.3 Å². The SMILES string of the molecule is O=C1CC[C@H]2CN(c3ccncc3F)CCN12. The molecule has 3 heterocycles. The number of fused-ring (bicyclic) bond motifs is 1. The average molecular weight is 235 g/mol. The predicted molar refractivity (Wildman–Crippen MR) is 61.1 cm³/mol. The molecular weight excluding hydrogens is 221 g/mol. The van der Waals surface area contributed by atoms with Crippen molar-refractivity contribution in [2.24, 2.45) is 0 Å². The van der Waals surface area contributed by atoms with Crippen molar-refractivity contribution in [1.82, 2.24) is 9.88 Å². The molecular formula is C12H14FN3O. The van der Waals surface area contributed by atoms with Gasteiger partial charge in [-0.25, -0.2) is 4.39 Å². The van der Waals surface area contributed by atoms with Crippen molar-refractivity contribution in [2.75, 3.05) is 24.5 Å². The number of hydrogen-bond donors (Lipinski definition) is 0. The summed E-state index contributed by atoms with van der Waals surface area (Å²) < 4.78 is 13.6. The molecule has 0 radical (unpaired) electrons. The number of nitrogens with zero attached hydrogens (tertiary/aromatic N) is 3. The van der Waals surface area contributed by atoms with Gasteiger partial charge in [0.25, 0.3) is 0 Å². The molecule has 90 valence electrons. The molecule has 17 heavy (non-hydrogen) atoms. The molecule has 0 N–H and O–H groups in total. The van der Waals surface area contributed by atoms with Crippen LogP contribution < -0.4 is 4.90 Å². The van der Waals surface area contributed by atoms with Crippen molar-refractivity contribution in [3.05, 3.63) is 24.3 Å². The lowest BCUT2D eigenvalue weighted by molar-refractivity contribution is -0.129. The van der Waals surface area contributed by atoms with Crippen LogP contribution in [0, 0.1) is 5.82 Å². The Labute approximate surface area is 99.0 Å². The van der Waals surface area contributed by atoms with Gasteiger partial charge >= 0.3 is 0 Å². The Kier molecular flexibility index (Phi) is 2.46. The fourth-order valence-electron chi connectivity index (χ4n) is 2.71. The zero-order chi connectivity index (χ0) is 11.8. The molecule has 1 aromatic heterocycles. The molecule has 1 aromatic rings. The van der Waals surface area contributed by atoms with Gasteiger partial charge in [-0.1, -0.05) is 0 Å². The van der Waals surface area contributed by atoms with E-state index in [9.17, 15) is 9.18 Å². The second-order valence-electron chi connectivity index (χ2n) is 4.55. The molecule has 0 saturated carbocycles. The van der Waals surface area contributed by atoms with Crippen molar-refractivity contribution in [2.45, 2.75) is 18.9 Å². The number of hydrogen-bond acceptors (Lipinski definition) is 3. The quantitative estimate of drug-likeness (QED) is 0.729. The smallest absolute Gasteiger partial charge is 0.223 e. The molecule has 0 spiro atoms. The summed E-state index contributed by atoms with van der Waals surface area (Å²) in [7, 11) is 0. The molecule has 0 aromatic carbocycles. The second-order valence-corrected chi connectivity index (χ2v) is 4.55. The largest absolute Gasteiger partial charge is 0.365 e. The summed E-state index contributed by atoms with van der Waals surface area (Å²) in [4.78, 5) is 19.2. The molecule has 1 amide bonds. The van der Waals surface area contributed by atoms with Gasteiger partial charge in [0.05, 0.1) is 11.9 Å². The molecule has 3 rings (SSSR count). The highest BCUT2D eigenvalue weighted by Gasteiger charge is 2.35. The van der Waals surface area contributed by atoms with Crippen LogP contribution in [0.25, 0.3) is 0 Å². The second kappa shape index (κ2) is 3.98. The molecule has 2 aliphatic heterocycles. The van der Waals surface area contributed by atoms with Gasteiger partial charge in [-0.3, -0.25) is 9.78 Å². The van der Waals surface area contributed by atoms with Crippen LogP contribution in [-0.2, 0) is 4.79 Å². The van der Waals surface area contributed by atoms with Crippen molar-refractivity contribution in [1.29, 1.82) is 0 Å². The highest BCUT2D eigenvalue weighted by molar-refractivity contribution is 5.79. The van der Waals surface area contributed by atoms with Gasteiger partial charge in [-0.2, -0.15) is 0 Å². The lowest BCUT2D eigenvalue weighted by Gasteiger charge is -2.38. The van der Waals surface area contributed by atoms with E-state index in [4.69, 9.17) is 0 Å². The Morgan fingerprint density at radius 1 is 1.41 bits per heavy atom. The number of piperazine rings is 1. The van der Waals surface area contributed by atoms with E-state index >= 15 is 0 Å². The molecule has 2 saturated heterocycles. The van der Waals surface area contributed by atoms with Gasteiger partial charge in [-0.05, 0) is 12.5 Å². The van der Waals surface area contributed by atoms with Gasteiger partial charge in [0.15, 0.2) is 5.82 Å². The lowest BCUT2D eigenvalue weighted by Crippen LogP contribution is -2.51. The summed E-state index contributed by atoms with van der Waals surface area (Å²) in [5, 5.41) is 0. The van der Waals surface area contributed by atoms with Crippen molar-refractivity contribution >= 4 is 11.6 Å². The molecule has 2 fully saturated rings. The number of rotatable bonds is 1. The molecule has 4 nitrogen and oxygen atoms in total. The average Bonchev–Trinajstić information content (AvgIpc) is 2.71. The maximum absolute atomic E-state index is 13.6. The van der Waals surface area contributed by atoms with Crippen LogP contribution in [0.15, 0.2) is 18.5 Å². The molecule has 2 aliphatic rings. The summed E-state index contributed by atoms with van der Waals surface area (Å²) in [6.07, 6.45) is 4.37. The van der Waals surface area contributed by atoms with Crippen molar-refractivity contribution in [3.63, 3.8) is 0 Å². The van der Waals surface area contributed by atoms with Crippen LogP contribution in [0.3, 0.4) is 0 Å². The number of amides is 1. The number of aromatic nitrogens is 1. The fraction of sp³-hybridized carbons (Fsp3) is 0.500.